The molecule has 3 aromatic rings. The Hall–Kier alpha value is -2.39. The van der Waals surface area contributed by atoms with Crippen molar-refractivity contribution in [3.63, 3.8) is 0 Å². The highest BCUT2D eigenvalue weighted by molar-refractivity contribution is 14.0. The molecule has 0 bridgehead atoms. The number of benzene rings is 2. The first-order chi connectivity index (χ1) is 14.8. The van der Waals surface area contributed by atoms with E-state index in [1.807, 2.05) is 16.9 Å². The Balaban J connectivity index is 0.00000272. The molecule has 1 fully saturated rings. The van der Waals surface area contributed by atoms with Crippen LogP contribution in [-0.2, 0) is 19.6 Å². The van der Waals surface area contributed by atoms with Gasteiger partial charge in [-0.3, -0.25) is 9.89 Å². The molecule has 0 saturated carbocycles. The number of guanidine groups is 1. The minimum absolute atomic E-state index is 0. The molecule has 0 atom stereocenters. The number of aliphatic imine (C=N–C) groups is 1. The second-order valence-corrected chi connectivity index (χ2v) is 7.70. The van der Waals surface area contributed by atoms with Crippen LogP contribution in [0.4, 0.5) is 0 Å². The number of nitrogens with one attached hydrogen (secondary N) is 2. The van der Waals surface area contributed by atoms with E-state index in [1.165, 1.54) is 42.6 Å². The molecule has 6 nitrogen and oxygen atoms in total. The lowest BCUT2D eigenvalue weighted by atomic mass is 10.1. The van der Waals surface area contributed by atoms with E-state index in [2.05, 4.69) is 74.2 Å². The molecule has 1 aromatic heterocycles. The van der Waals surface area contributed by atoms with Crippen molar-refractivity contribution in [2.75, 3.05) is 20.1 Å². The van der Waals surface area contributed by atoms with Crippen molar-refractivity contribution in [2.45, 2.75) is 32.5 Å². The highest BCUT2D eigenvalue weighted by Crippen LogP contribution is 2.13. The lowest BCUT2D eigenvalue weighted by molar-refractivity contribution is 0.331. The van der Waals surface area contributed by atoms with Gasteiger partial charge in [0.2, 0.25) is 0 Å². The first kappa shape index (κ1) is 23.3. The zero-order valence-corrected chi connectivity index (χ0v) is 20.3. The third-order valence-electron chi connectivity index (χ3n) is 5.48. The standard InChI is InChI=1S/C24H30N6.HI/c1-25-24(27-18-21-9-11-23(12-10-21)30-16-4-13-28-30)26-17-20-5-7-22(8-6-20)19-29-14-2-3-15-29;/h4-13,16H,2-3,14-15,17-19H2,1H3,(H2,25,26,27);1H. The maximum absolute atomic E-state index is 4.34. The molecule has 1 aliphatic rings. The maximum atomic E-state index is 4.34. The van der Waals surface area contributed by atoms with E-state index in [9.17, 15) is 0 Å². The molecule has 0 aliphatic carbocycles. The van der Waals surface area contributed by atoms with Gasteiger partial charge in [-0.2, -0.15) is 5.10 Å². The van der Waals surface area contributed by atoms with Gasteiger partial charge in [0.05, 0.1) is 5.69 Å². The van der Waals surface area contributed by atoms with Crippen molar-refractivity contribution in [1.29, 1.82) is 0 Å². The molecule has 4 rings (SSSR count). The minimum atomic E-state index is 0. The van der Waals surface area contributed by atoms with Crippen molar-refractivity contribution < 1.29 is 0 Å². The molecule has 0 radical (unpaired) electrons. The predicted molar refractivity (Wildman–Crippen MR) is 137 cm³/mol. The molecule has 2 aromatic carbocycles. The summed E-state index contributed by atoms with van der Waals surface area (Å²) < 4.78 is 1.86. The zero-order valence-electron chi connectivity index (χ0n) is 18.0. The number of hydrogen-bond donors (Lipinski definition) is 2. The van der Waals surface area contributed by atoms with Gasteiger partial charge in [0.25, 0.3) is 0 Å². The number of halogens is 1. The summed E-state index contributed by atoms with van der Waals surface area (Å²) in [5, 5.41) is 11.0. The Morgan fingerprint density at radius 1 is 0.903 bits per heavy atom. The summed E-state index contributed by atoms with van der Waals surface area (Å²) >= 11 is 0. The molecule has 164 valence electrons. The van der Waals surface area contributed by atoms with Crippen molar-refractivity contribution in [3.8, 4) is 5.69 Å². The molecular weight excluding hydrogens is 499 g/mol. The van der Waals surface area contributed by atoms with Gasteiger partial charge in [-0.1, -0.05) is 36.4 Å². The van der Waals surface area contributed by atoms with Crippen LogP contribution in [0.3, 0.4) is 0 Å². The van der Waals surface area contributed by atoms with Gasteiger partial charge in [-0.15, -0.1) is 24.0 Å². The summed E-state index contributed by atoms with van der Waals surface area (Å²) in [7, 11) is 1.80. The van der Waals surface area contributed by atoms with Crippen molar-refractivity contribution in [2.24, 2.45) is 4.99 Å². The highest BCUT2D eigenvalue weighted by atomic mass is 127. The number of aromatic nitrogens is 2. The average Bonchev–Trinajstić information content (AvgIpc) is 3.50. The van der Waals surface area contributed by atoms with Gasteiger partial charge in [0, 0.05) is 39.1 Å². The number of likely N-dealkylation sites (tertiary alicyclic amines) is 1. The van der Waals surface area contributed by atoms with Gasteiger partial charge >= 0.3 is 0 Å². The third kappa shape index (κ3) is 6.80. The van der Waals surface area contributed by atoms with E-state index in [-0.39, 0.29) is 24.0 Å². The summed E-state index contributed by atoms with van der Waals surface area (Å²) in [4.78, 5) is 6.86. The fraction of sp³-hybridized carbons (Fsp3) is 0.333. The lowest BCUT2D eigenvalue weighted by Crippen LogP contribution is -2.36. The molecule has 0 unspecified atom stereocenters. The fourth-order valence-electron chi connectivity index (χ4n) is 3.74. The molecule has 2 heterocycles. The van der Waals surface area contributed by atoms with E-state index in [1.54, 1.807) is 13.2 Å². The SMILES string of the molecule is CN=C(NCc1ccc(CN2CCCC2)cc1)NCc1ccc(-n2cccn2)cc1.I. The summed E-state index contributed by atoms with van der Waals surface area (Å²) in [5.41, 5.74) is 4.90. The quantitative estimate of drug-likeness (QED) is 0.276. The van der Waals surface area contributed by atoms with Crippen LogP contribution in [-0.4, -0.2) is 40.8 Å². The maximum Gasteiger partial charge on any atom is 0.191 e. The molecule has 0 amide bonds. The Bertz CT molecular complexity index is 929. The smallest absolute Gasteiger partial charge is 0.191 e. The summed E-state index contributed by atoms with van der Waals surface area (Å²) in [6.45, 7) is 5.00. The molecule has 1 saturated heterocycles. The van der Waals surface area contributed by atoms with Crippen LogP contribution >= 0.6 is 24.0 Å². The van der Waals surface area contributed by atoms with Crippen LogP contribution in [0.15, 0.2) is 72.0 Å². The molecular formula is C24H31IN6. The van der Waals surface area contributed by atoms with Gasteiger partial charge < -0.3 is 10.6 Å². The average molecular weight is 530 g/mol. The van der Waals surface area contributed by atoms with Gasteiger partial charge in [-0.25, -0.2) is 4.68 Å². The minimum Gasteiger partial charge on any atom is -0.352 e. The summed E-state index contributed by atoms with van der Waals surface area (Å²) in [6, 6.07) is 19.2. The van der Waals surface area contributed by atoms with Gasteiger partial charge in [0.1, 0.15) is 0 Å². The Kier molecular flexibility index (Phi) is 8.90. The molecule has 0 spiro atoms. The summed E-state index contributed by atoms with van der Waals surface area (Å²) in [5.74, 6) is 0.798. The van der Waals surface area contributed by atoms with Crippen LogP contribution in [0.1, 0.15) is 29.5 Å². The topological polar surface area (TPSA) is 57.5 Å². The molecule has 1 aliphatic heterocycles. The van der Waals surface area contributed by atoms with Crippen LogP contribution < -0.4 is 10.6 Å². The second-order valence-electron chi connectivity index (χ2n) is 7.70. The van der Waals surface area contributed by atoms with Crippen molar-refractivity contribution in [1.82, 2.24) is 25.3 Å². The van der Waals surface area contributed by atoms with E-state index >= 15 is 0 Å². The van der Waals surface area contributed by atoms with Gasteiger partial charge in [0.15, 0.2) is 5.96 Å². The van der Waals surface area contributed by atoms with E-state index in [0.29, 0.717) is 6.54 Å². The number of nitrogens with zero attached hydrogens (tertiary/aromatic N) is 4. The normalized spacial score (nSPS) is 14.3. The lowest BCUT2D eigenvalue weighted by Gasteiger charge is -2.15. The zero-order chi connectivity index (χ0) is 20.6. The molecule has 31 heavy (non-hydrogen) atoms. The first-order valence-corrected chi connectivity index (χ1v) is 10.6. The van der Waals surface area contributed by atoms with Crippen LogP contribution in [0.25, 0.3) is 5.69 Å². The van der Waals surface area contributed by atoms with Crippen LogP contribution in [0.2, 0.25) is 0 Å². The van der Waals surface area contributed by atoms with Crippen LogP contribution in [0.5, 0.6) is 0 Å². The number of hydrogen-bond acceptors (Lipinski definition) is 3. The molecule has 7 heteroatoms. The van der Waals surface area contributed by atoms with E-state index in [0.717, 1.165) is 24.7 Å². The van der Waals surface area contributed by atoms with Gasteiger partial charge in [-0.05, 0) is 60.8 Å². The van der Waals surface area contributed by atoms with E-state index < -0.39 is 0 Å². The predicted octanol–water partition coefficient (Wildman–Crippen LogP) is 3.95. The third-order valence-corrected chi connectivity index (χ3v) is 5.48. The van der Waals surface area contributed by atoms with Crippen LogP contribution in [0, 0.1) is 0 Å². The Morgan fingerprint density at radius 2 is 1.48 bits per heavy atom. The Labute approximate surface area is 201 Å². The highest BCUT2D eigenvalue weighted by Gasteiger charge is 2.11. The van der Waals surface area contributed by atoms with Crippen molar-refractivity contribution in [3.05, 3.63) is 83.7 Å². The first-order valence-electron chi connectivity index (χ1n) is 10.6. The largest absolute Gasteiger partial charge is 0.352 e. The molecule has 2 N–H and O–H groups in total. The second kappa shape index (κ2) is 11.9. The Morgan fingerprint density at radius 3 is 2.03 bits per heavy atom. The number of rotatable bonds is 7. The van der Waals surface area contributed by atoms with E-state index in [4.69, 9.17) is 0 Å². The fourth-order valence-corrected chi connectivity index (χ4v) is 3.74. The summed E-state index contributed by atoms with van der Waals surface area (Å²) in [6.07, 6.45) is 6.40. The van der Waals surface area contributed by atoms with Crippen molar-refractivity contribution >= 4 is 29.9 Å². The monoisotopic (exact) mass is 530 g/mol.